The Labute approximate surface area is 84.2 Å². The molecule has 1 amide bonds. The molecule has 0 spiro atoms. The van der Waals surface area contributed by atoms with Crippen LogP contribution in [0.1, 0.15) is 13.3 Å². The summed E-state index contributed by atoms with van der Waals surface area (Å²) in [6.07, 6.45) is 0.800. The molecule has 2 rings (SSSR count). The predicted molar refractivity (Wildman–Crippen MR) is 50.9 cm³/mol. The Kier molecular flexibility index (Phi) is 3.03. The number of nitrogens with zero attached hydrogens (tertiary/aromatic N) is 1. The summed E-state index contributed by atoms with van der Waals surface area (Å²) in [6.45, 7) is 5.55. The van der Waals surface area contributed by atoms with E-state index in [0.717, 1.165) is 13.0 Å². The number of hydrogen-bond acceptors (Lipinski definition) is 3. The molecule has 0 N–H and O–H groups in total. The molecule has 0 saturated carbocycles. The molecular weight excluding hydrogens is 182 g/mol. The number of carbonyl (C=O) groups is 1. The Morgan fingerprint density at radius 2 is 2.00 bits per heavy atom. The van der Waals surface area contributed by atoms with Crippen molar-refractivity contribution >= 4 is 5.91 Å². The zero-order chi connectivity index (χ0) is 9.97. The van der Waals surface area contributed by atoms with Crippen LogP contribution in [-0.4, -0.2) is 49.8 Å². The van der Waals surface area contributed by atoms with Gasteiger partial charge in [0.2, 0.25) is 0 Å². The Balaban J connectivity index is 1.92. The zero-order valence-electron chi connectivity index (χ0n) is 8.57. The molecule has 0 aromatic heterocycles. The lowest BCUT2D eigenvalue weighted by atomic mass is 10.0. The Morgan fingerprint density at radius 1 is 1.29 bits per heavy atom. The molecule has 0 aromatic carbocycles. The van der Waals surface area contributed by atoms with E-state index in [1.807, 2.05) is 4.90 Å². The summed E-state index contributed by atoms with van der Waals surface area (Å²) in [5.74, 6) is 0.517. The van der Waals surface area contributed by atoms with Crippen LogP contribution >= 0.6 is 0 Å². The van der Waals surface area contributed by atoms with Gasteiger partial charge >= 0.3 is 0 Å². The maximum absolute atomic E-state index is 12.0. The van der Waals surface area contributed by atoms with Gasteiger partial charge in [-0.15, -0.1) is 0 Å². The van der Waals surface area contributed by atoms with Crippen molar-refractivity contribution in [3.8, 4) is 0 Å². The topological polar surface area (TPSA) is 38.8 Å². The van der Waals surface area contributed by atoms with Crippen LogP contribution < -0.4 is 0 Å². The highest BCUT2D eigenvalue weighted by molar-refractivity contribution is 5.81. The summed E-state index contributed by atoms with van der Waals surface area (Å²) in [6, 6.07) is 0. The highest BCUT2D eigenvalue weighted by Crippen LogP contribution is 2.22. The third-order valence-corrected chi connectivity index (χ3v) is 2.95. The first-order chi connectivity index (χ1) is 6.79. The van der Waals surface area contributed by atoms with Crippen LogP contribution in [0.3, 0.4) is 0 Å². The molecule has 0 radical (unpaired) electrons. The van der Waals surface area contributed by atoms with E-state index in [2.05, 4.69) is 6.92 Å². The predicted octanol–water partition coefficient (Wildman–Crippen LogP) is 0.270. The van der Waals surface area contributed by atoms with Crippen LogP contribution in [0.15, 0.2) is 0 Å². The number of carbonyl (C=O) groups excluding carboxylic acids is 1. The van der Waals surface area contributed by atoms with Gasteiger partial charge in [0, 0.05) is 19.7 Å². The van der Waals surface area contributed by atoms with E-state index in [9.17, 15) is 4.79 Å². The monoisotopic (exact) mass is 199 g/mol. The number of amides is 1. The fourth-order valence-corrected chi connectivity index (χ4v) is 1.97. The van der Waals surface area contributed by atoms with Crippen molar-refractivity contribution in [1.82, 2.24) is 4.90 Å². The number of rotatable bonds is 1. The average Bonchev–Trinajstić information content (AvgIpc) is 2.65. The van der Waals surface area contributed by atoms with E-state index in [1.54, 1.807) is 0 Å². The normalized spacial score (nSPS) is 33.4. The molecule has 0 bridgehead atoms. The first-order valence-corrected chi connectivity index (χ1v) is 5.27. The fourth-order valence-electron chi connectivity index (χ4n) is 1.97. The number of morpholine rings is 1. The third kappa shape index (κ3) is 1.91. The van der Waals surface area contributed by atoms with Crippen LogP contribution in [0.4, 0.5) is 0 Å². The van der Waals surface area contributed by atoms with E-state index >= 15 is 0 Å². The molecular formula is C10H17NO3. The van der Waals surface area contributed by atoms with Gasteiger partial charge < -0.3 is 14.4 Å². The molecule has 0 aliphatic carbocycles. The van der Waals surface area contributed by atoms with Gasteiger partial charge in [-0.3, -0.25) is 4.79 Å². The lowest BCUT2D eigenvalue weighted by Crippen LogP contribution is -2.46. The maximum atomic E-state index is 12.0. The molecule has 4 heteroatoms. The minimum atomic E-state index is -0.201. The van der Waals surface area contributed by atoms with Crippen LogP contribution in [0.25, 0.3) is 0 Å². The second kappa shape index (κ2) is 4.28. The van der Waals surface area contributed by atoms with Crippen LogP contribution in [-0.2, 0) is 14.3 Å². The van der Waals surface area contributed by atoms with Crippen molar-refractivity contribution in [2.75, 3.05) is 32.9 Å². The summed E-state index contributed by atoms with van der Waals surface area (Å²) in [4.78, 5) is 13.8. The number of ether oxygens (including phenoxy) is 2. The second-order valence-electron chi connectivity index (χ2n) is 4.00. The van der Waals surface area contributed by atoms with Crippen molar-refractivity contribution in [3.05, 3.63) is 0 Å². The summed E-state index contributed by atoms with van der Waals surface area (Å²) in [5, 5.41) is 0. The average molecular weight is 199 g/mol. The Morgan fingerprint density at radius 3 is 2.57 bits per heavy atom. The van der Waals surface area contributed by atoms with Gasteiger partial charge in [-0.25, -0.2) is 0 Å². The maximum Gasteiger partial charge on any atom is 0.252 e. The van der Waals surface area contributed by atoms with Gasteiger partial charge in [0.25, 0.3) is 5.91 Å². The summed E-state index contributed by atoms with van der Waals surface area (Å²) < 4.78 is 10.7. The molecule has 80 valence electrons. The zero-order valence-corrected chi connectivity index (χ0v) is 8.57. The molecule has 14 heavy (non-hydrogen) atoms. The molecule has 2 atom stereocenters. The third-order valence-electron chi connectivity index (χ3n) is 2.95. The van der Waals surface area contributed by atoms with Gasteiger partial charge in [-0.1, -0.05) is 6.92 Å². The lowest BCUT2D eigenvalue weighted by Gasteiger charge is -2.29. The van der Waals surface area contributed by atoms with E-state index in [4.69, 9.17) is 9.47 Å². The van der Waals surface area contributed by atoms with E-state index in [0.29, 0.717) is 32.2 Å². The quantitative estimate of drug-likeness (QED) is 0.608. The molecule has 2 unspecified atom stereocenters. The van der Waals surface area contributed by atoms with Crippen molar-refractivity contribution in [2.45, 2.75) is 19.4 Å². The van der Waals surface area contributed by atoms with Gasteiger partial charge in [0.15, 0.2) is 0 Å². The van der Waals surface area contributed by atoms with Crippen LogP contribution in [0, 0.1) is 5.92 Å². The van der Waals surface area contributed by atoms with Gasteiger partial charge in [-0.05, 0) is 12.3 Å². The van der Waals surface area contributed by atoms with Gasteiger partial charge in [0.05, 0.1) is 13.2 Å². The van der Waals surface area contributed by atoms with E-state index in [-0.39, 0.29) is 12.0 Å². The van der Waals surface area contributed by atoms with Gasteiger partial charge in [0.1, 0.15) is 6.10 Å². The molecule has 0 aromatic rings. The fraction of sp³-hybridized carbons (Fsp3) is 0.900. The molecule has 4 nitrogen and oxygen atoms in total. The SMILES string of the molecule is CC1CCOC1C(=O)N1CCOCC1. The summed E-state index contributed by atoms with van der Waals surface area (Å²) in [7, 11) is 0. The largest absolute Gasteiger partial charge is 0.378 e. The number of hydrogen-bond donors (Lipinski definition) is 0. The minimum absolute atomic E-state index is 0.151. The molecule has 2 saturated heterocycles. The first kappa shape index (κ1) is 9.93. The second-order valence-corrected chi connectivity index (χ2v) is 4.00. The van der Waals surface area contributed by atoms with Crippen LogP contribution in [0.5, 0.6) is 0 Å². The first-order valence-electron chi connectivity index (χ1n) is 5.27. The van der Waals surface area contributed by atoms with Crippen LogP contribution in [0.2, 0.25) is 0 Å². The minimum Gasteiger partial charge on any atom is -0.378 e. The highest BCUT2D eigenvalue weighted by atomic mass is 16.5. The Bertz CT molecular complexity index is 213. The summed E-state index contributed by atoms with van der Waals surface area (Å²) in [5.41, 5.74) is 0. The molecule has 2 fully saturated rings. The standard InChI is InChI=1S/C10H17NO3/c1-8-2-5-14-9(8)10(12)11-3-6-13-7-4-11/h8-9H,2-7H2,1H3. The Hall–Kier alpha value is -0.610. The molecule has 2 aliphatic heterocycles. The molecule has 2 heterocycles. The lowest BCUT2D eigenvalue weighted by molar-refractivity contribution is -0.146. The van der Waals surface area contributed by atoms with Gasteiger partial charge in [-0.2, -0.15) is 0 Å². The van der Waals surface area contributed by atoms with Crippen molar-refractivity contribution in [2.24, 2.45) is 5.92 Å². The van der Waals surface area contributed by atoms with E-state index < -0.39 is 0 Å². The summed E-state index contributed by atoms with van der Waals surface area (Å²) >= 11 is 0. The smallest absolute Gasteiger partial charge is 0.252 e. The van der Waals surface area contributed by atoms with E-state index in [1.165, 1.54) is 0 Å². The van der Waals surface area contributed by atoms with Crippen molar-refractivity contribution in [3.63, 3.8) is 0 Å². The molecule has 2 aliphatic rings. The highest BCUT2D eigenvalue weighted by Gasteiger charge is 2.34. The van der Waals surface area contributed by atoms with Crippen molar-refractivity contribution < 1.29 is 14.3 Å². The van der Waals surface area contributed by atoms with Crippen molar-refractivity contribution in [1.29, 1.82) is 0 Å².